The molecule has 1 aromatic heterocycles. The summed E-state index contributed by atoms with van der Waals surface area (Å²) in [7, 11) is 1.63. The molecule has 0 amide bonds. The van der Waals surface area contributed by atoms with Gasteiger partial charge in [-0.3, -0.25) is 4.79 Å². The van der Waals surface area contributed by atoms with Crippen molar-refractivity contribution in [1.82, 2.24) is 0 Å². The van der Waals surface area contributed by atoms with Crippen molar-refractivity contribution in [2.24, 2.45) is 0 Å². The van der Waals surface area contributed by atoms with Gasteiger partial charge < -0.3 is 9.15 Å². The summed E-state index contributed by atoms with van der Waals surface area (Å²) in [5, 5.41) is 0. The van der Waals surface area contributed by atoms with Crippen molar-refractivity contribution < 1.29 is 13.9 Å². The first-order valence-corrected chi connectivity index (χ1v) is 7.69. The Labute approximate surface area is 141 Å². The Balaban J connectivity index is 1.73. The molecule has 0 aliphatic rings. The molecule has 0 fully saturated rings. The van der Waals surface area contributed by atoms with Gasteiger partial charge in [0.25, 0.3) is 0 Å². The number of aryl methyl sites for hydroxylation is 1. The van der Waals surface area contributed by atoms with E-state index in [4.69, 9.17) is 9.15 Å². The molecular formula is C21H18O3. The molecule has 3 rings (SSSR count). The smallest absolute Gasteiger partial charge is 0.185 e. The van der Waals surface area contributed by atoms with Gasteiger partial charge in [-0.05, 0) is 55.5 Å². The lowest BCUT2D eigenvalue weighted by atomic mass is 10.1. The molecule has 0 saturated heterocycles. The summed E-state index contributed by atoms with van der Waals surface area (Å²) in [6.45, 7) is 1.99. The van der Waals surface area contributed by atoms with Crippen LogP contribution < -0.4 is 4.74 Å². The Morgan fingerprint density at radius 2 is 1.67 bits per heavy atom. The topological polar surface area (TPSA) is 39.4 Å². The lowest BCUT2D eigenvalue weighted by Gasteiger charge is -2.00. The van der Waals surface area contributed by atoms with Crippen molar-refractivity contribution in [3.8, 4) is 17.1 Å². The highest BCUT2D eigenvalue weighted by atomic mass is 16.5. The van der Waals surface area contributed by atoms with Crippen LogP contribution in [0.3, 0.4) is 0 Å². The van der Waals surface area contributed by atoms with E-state index in [2.05, 4.69) is 0 Å². The van der Waals surface area contributed by atoms with Crippen molar-refractivity contribution in [2.75, 3.05) is 7.11 Å². The zero-order chi connectivity index (χ0) is 16.9. The van der Waals surface area contributed by atoms with Crippen LogP contribution in [0.5, 0.6) is 5.75 Å². The number of ether oxygens (including phenoxy) is 1. The lowest BCUT2D eigenvalue weighted by Crippen LogP contribution is -1.93. The highest BCUT2D eigenvalue weighted by molar-refractivity contribution is 6.06. The number of ketones is 1. The van der Waals surface area contributed by atoms with E-state index in [1.165, 1.54) is 6.08 Å². The fourth-order valence-corrected chi connectivity index (χ4v) is 2.32. The number of furan rings is 1. The standard InChI is InChI=1S/C21H18O3/c1-15-3-5-16(6-4-15)20(22)13-11-19-12-14-21(24-19)17-7-9-18(23-2)10-8-17/h3-14H,1-2H3. The van der Waals surface area contributed by atoms with Gasteiger partial charge in [0.15, 0.2) is 5.78 Å². The summed E-state index contributed by atoms with van der Waals surface area (Å²) < 4.78 is 10.9. The summed E-state index contributed by atoms with van der Waals surface area (Å²) in [6.07, 6.45) is 3.22. The van der Waals surface area contributed by atoms with E-state index in [9.17, 15) is 4.79 Å². The highest BCUT2D eigenvalue weighted by Crippen LogP contribution is 2.25. The predicted octanol–water partition coefficient (Wildman–Crippen LogP) is 5.16. The third-order valence-corrected chi connectivity index (χ3v) is 3.74. The molecule has 0 aliphatic carbocycles. The van der Waals surface area contributed by atoms with Crippen LogP contribution in [0.1, 0.15) is 21.7 Å². The molecule has 3 nitrogen and oxygen atoms in total. The SMILES string of the molecule is COc1ccc(-c2ccc(C=CC(=O)c3ccc(C)cc3)o2)cc1. The monoisotopic (exact) mass is 318 g/mol. The summed E-state index contributed by atoms with van der Waals surface area (Å²) in [5.41, 5.74) is 2.75. The molecule has 3 heteroatoms. The van der Waals surface area contributed by atoms with Gasteiger partial charge in [-0.2, -0.15) is 0 Å². The molecule has 24 heavy (non-hydrogen) atoms. The molecule has 0 unspecified atom stereocenters. The molecule has 0 spiro atoms. The first-order chi connectivity index (χ1) is 11.7. The van der Waals surface area contributed by atoms with Gasteiger partial charge in [-0.1, -0.05) is 29.8 Å². The predicted molar refractivity (Wildman–Crippen MR) is 95.2 cm³/mol. The molecule has 0 radical (unpaired) electrons. The number of allylic oxidation sites excluding steroid dienone is 1. The van der Waals surface area contributed by atoms with Crippen LogP contribution in [0.25, 0.3) is 17.4 Å². The van der Waals surface area contributed by atoms with E-state index in [-0.39, 0.29) is 5.78 Å². The maximum atomic E-state index is 12.1. The first-order valence-electron chi connectivity index (χ1n) is 7.69. The van der Waals surface area contributed by atoms with Crippen LogP contribution in [0.4, 0.5) is 0 Å². The molecule has 0 N–H and O–H groups in total. The number of carbonyl (C=O) groups is 1. The minimum atomic E-state index is -0.0441. The number of rotatable bonds is 5. The normalized spacial score (nSPS) is 10.9. The largest absolute Gasteiger partial charge is 0.497 e. The van der Waals surface area contributed by atoms with E-state index in [0.29, 0.717) is 11.3 Å². The van der Waals surface area contributed by atoms with E-state index < -0.39 is 0 Å². The quantitative estimate of drug-likeness (QED) is 0.482. The van der Waals surface area contributed by atoms with Gasteiger partial charge in [-0.15, -0.1) is 0 Å². The number of hydrogen-bond acceptors (Lipinski definition) is 3. The van der Waals surface area contributed by atoms with Crippen molar-refractivity contribution in [3.63, 3.8) is 0 Å². The maximum absolute atomic E-state index is 12.1. The Kier molecular flexibility index (Phi) is 4.62. The average Bonchev–Trinajstić information content (AvgIpc) is 3.09. The first kappa shape index (κ1) is 15.8. The van der Waals surface area contributed by atoms with Crippen LogP contribution in [-0.2, 0) is 0 Å². The lowest BCUT2D eigenvalue weighted by molar-refractivity contribution is 0.104. The molecule has 120 valence electrons. The molecule has 0 atom stereocenters. The van der Waals surface area contributed by atoms with Gasteiger partial charge in [0.05, 0.1) is 7.11 Å². The van der Waals surface area contributed by atoms with Crippen molar-refractivity contribution in [2.45, 2.75) is 6.92 Å². The van der Waals surface area contributed by atoms with E-state index >= 15 is 0 Å². The Hall–Kier alpha value is -3.07. The third kappa shape index (κ3) is 3.63. The van der Waals surface area contributed by atoms with Crippen LogP contribution in [0, 0.1) is 6.92 Å². The van der Waals surface area contributed by atoms with Crippen LogP contribution in [0.2, 0.25) is 0 Å². The zero-order valence-corrected chi connectivity index (χ0v) is 13.7. The third-order valence-electron chi connectivity index (χ3n) is 3.74. The molecule has 3 aromatic rings. The summed E-state index contributed by atoms with van der Waals surface area (Å²) in [5.74, 6) is 2.15. The number of hydrogen-bond donors (Lipinski definition) is 0. The van der Waals surface area contributed by atoms with Crippen molar-refractivity contribution in [3.05, 3.63) is 83.6 Å². The number of carbonyl (C=O) groups excluding carboxylic acids is 1. The maximum Gasteiger partial charge on any atom is 0.185 e. The van der Waals surface area contributed by atoms with Gasteiger partial charge in [-0.25, -0.2) is 0 Å². The average molecular weight is 318 g/mol. The van der Waals surface area contributed by atoms with Gasteiger partial charge in [0.1, 0.15) is 17.3 Å². The molecule has 2 aromatic carbocycles. The Bertz CT molecular complexity index is 853. The van der Waals surface area contributed by atoms with Gasteiger partial charge in [0.2, 0.25) is 0 Å². The van der Waals surface area contributed by atoms with E-state index in [1.807, 2.05) is 67.6 Å². The van der Waals surface area contributed by atoms with E-state index in [1.54, 1.807) is 13.2 Å². The summed E-state index contributed by atoms with van der Waals surface area (Å²) in [6, 6.07) is 18.9. The number of methoxy groups -OCH3 is 1. The van der Waals surface area contributed by atoms with Crippen molar-refractivity contribution in [1.29, 1.82) is 0 Å². The zero-order valence-electron chi connectivity index (χ0n) is 13.7. The van der Waals surface area contributed by atoms with Gasteiger partial charge in [0, 0.05) is 11.1 Å². The fraction of sp³-hybridized carbons (Fsp3) is 0.0952. The highest BCUT2D eigenvalue weighted by Gasteiger charge is 2.05. The second kappa shape index (κ2) is 7.01. The van der Waals surface area contributed by atoms with Crippen molar-refractivity contribution >= 4 is 11.9 Å². The summed E-state index contributed by atoms with van der Waals surface area (Å²) >= 11 is 0. The van der Waals surface area contributed by atoms with Gasteiger partial charge >= 0.3 is 0 Å². The van der Waals surface area contributed by atoms with E-state index in [0.717, 1.165) is 22.6 Å². The Morgan fingerprint density at radius 1 is 0.958 bits per heavy atom. The minimum Gasteiger partial charge on any atom is -0.497 e. The Morgan fingerprint density at radius 3 is 2.33 bits per heavy atom. The molecule has 1 heterocycles. The van der Waals surface area contributed by atoms with Crippen LogP contribution in [0.15, 0.2) is 71.2 Å². The molecular weight excluding hydrogens is 300 g/mol. The second-order valence-electron chi connectivity index (χ2n) is 5.49. The second-order valence-corrected chi connectivity index (χ2v) is 5.49. The van der Waals surface area contributed by atoms with Crippen LogP contribution >= 0.6 is 0 Å². The van der Waals surface area contributed by atoms with Crippen LogP contribution in [-0.4, -0.2) is 12.9 Å². The molecule has 0 bridgehead atoms. The molecule has 0 aliphatic heterocycles. The fourth-order valence-electron chi connectivity index (χ4n) is 2.32. The summed E-state index contributed by atoms with van der Waals surface area (Å²) in [4.78, 5) is 12.1. The molecule has 0 saturated carbocycles. The minimum absolute atomic E-state index is 0.0441. The number of benzene rings is 2.